The summed E-state index contributed by atoms with van der Waals surface area (Å²) in [6.07, 6.45) is 3.45. The van der Waals surface area contributed by atoms with E-state index in [1.807, 2.05) is 49.4 Å². The first-order valence-electron chi connectivity index (χ1n) is 10.1. The molecule has 9 nitrogen and oxygen atoms in total. The molecule has 0 saturated carbocycles. The first kappa shape index (κ1) is 20.7. The van der Waals surface area contributed by atoms with Crippen molar-refractivity contribution in [1.29, 1.82) is 0 Å². The van der Waals surface area contributed by atoms with Crippen LogP contribution < -0.4 is 11.1 Å². The first-order valence-corrected chi connectivity index (χ1v) is 10.5. The summed E-state index contributed by atoms with van der Waals surface area (Å²) < 4.78 is 1.61. The molecule has 0 aliphatic rings. The number of rotatable bonds is 6. The van der Waals surface area contributed by atoms with Gasteiger partial charge in [-0.05, 0) is 30.7 Å². The molecule has 0 fully saturated rings. The standard InChI is InChI=1S/C23H19ClN8O/c1-13-7-8-32(31-13)23-19(15-9-16-12-27-30-18(16)17(24)10-15)28-20(21(25)33)22(29-23)26-11-14-5-3-2-4-6-14/h2-10,12H,11H2,1H3,(H2,25,33)(H,26,29)(H,27,30). The fraction of sp³-hybridized carbons (Fsp3) is 0.0870. The lowest BCUT2D eigenvalue weighted by atomic mass is 10.1. The number of nitrogens with zero attached hydrogens (tertiary/aromatic N) is 5. The molecule has 4 N–H and O–H groups in total. The number of carbonyl (C=O) groups is 1. The maximum atomic E-state index is 12.3. The number of benzene rings is 2. The Labute approximate surface area is 193 Å². The Kier molecular flexibility index (Phi) is 5.23. The van der Waals surface area contributed by atoms with Crippen molar-refractivity contribution in [2.75, 3.05) is 5.32 Å². The van der Waals surface area contributed by atoms with Crippen LogP contribution in [0.15, 0.2) is 60.9 Å². The lowest BCUT2D eigenvalue weighted by molar-refractivity contribution is 0.0996. The molecule has 5 aromatic rings. The maximum Gasteiger partial charge on any atom is 0.271 e. The van der Waals surface area contributed by atoms with Crippen molar-refractivity contribution in [2.45, 2.75) is 13.5 Å². The number of nitrogens with two attached hydrogens (primary N) is 1. The van der Waals surface area contributed by atoms with Gasteiger partial charge in [0, 0.05) is 23.7 Å². The number of aromatic nitrogens is 6. The van der Waals surface area contributed by atoms with Crippen LogP contribution in [0.25, 0.3) is 28.0 Å². The maximum absolute atomic E-state index is 12.3. The van der Waals surface area contributed by atoms with E-state index in [0.717, 1.165) is 16.6 Å². The minimum atomic E-state index is -0.696. The fourth-order valence-electron chi connectivity index (χ4n) is 3.54. The zero-order valence-corrected chi connectivity index (χ0v) is 18.3. The summed E-state index contributed by atoms with van der Waals surface area (Å²) in [5.74, 6) is 0.00862. The van der Waals surface area contributed by atoms with E-state index in [4.69, 9.17) is 22.3 Å². The molecule has 0 aliphatic heterocycles. The van der Waals surface area contributed by atoms with Crippen LogP contribution in [0.1, 0.15) is 21.7 Å². The number of primary amides is 1. The number of H-pyrrole nitrogens is 1. The molecule has 3 heterocycles. The highest BCUT2D eigenvalue weighted by Crippen LogP contribution is 2.32. The molecule has 0 atom stereocenters. The highest BCUT2D eigenvalue weighted by molar-refractivity contribution is 6.35. The highest BCUT2D eigenvalue weighted by Gasteiger charge is 2.21. The van der Waals surface area contributed by atoms with E-state index in [-0.39, 0.29) is 11.5 Å². The van der Waals surface area contributed by atoms with Crippen LogP contribution in [0.2, 0.25) is 5.02 Å². The summed E-state index contributed by atoms with van der Waals surface area (Å²) in [4.78, 5) is 21.7. The quantitative estimate of drug-likeness (QED) is 0.354. The van der Waals surface area contributed by atoms with Crippen LogP contribution in [0.5, 0.6) is 0 Å². The molecular formula is C23H19ClN8O. The van der Waals surface area contributed by atoms with Crippen molar-refractivity contribution in [2.24, 2.45) is 5.73 Å². The van der Waals surface area contributed by atoms with E-state index >= 15 is 0 Å². The van der Waals surface area contributed by atoms with Gasteiger partial charge in [0.05, 0.1) is 22.4 Å². The molecule has 0 aliphatic carbocycles. The molecule has 2 aromatic carbocycles. The third-order valence-corrected chi connectivity index (χ3v) is 5.43. The Morgan fingerprint density at radius 3 is 2.73 bits per heavy atom. The van der Waals surface area contributed by atoms with Crippen LogP contribution in [0, 0.1) is 6.92 Å². The molecule has 1 amide bonds. The molecule has 10 heteroatoms. The van der Waals surface area contributed by atoms with Crippen LogP contribution in [-0.4, -0.2) is 35.9 Å². The van der Waals surface area contributed by atoms with Gasteiger partial charge in [-0.3, -0.25) is 9.89 Å². The molecule has 0 spiro atoms. The van der Waals surface area contributed by atoms with Crippen molar-refractivity contribution < 1.29 is 4.79 Å². The van der Waals surface area contributed by atoms with Crippen molar-refractivity contribution in [3.63, 3.8) is 0 Å². The largest absolute Gasteiger partial charge is 0.364 e. The minimum Gasteiger partial charge on any atom is -0.364 e. The molecule has 5 rings (SSSR count). The molecule has 0 bridgehead atoms. The van der Waals surface area contributed by atoms with Crippen molar-refractivity contribution >= 4 is 34.2 Å². The predicted octanol–water partition coefficient (Wildman–Crippen LogP) is 3.88. The number of carbonyl (C=O) groups excluding carboxylic acids is 1. The topological polar surface area (TPSA) is 127 Å². The Morgan fingerprint density at radius 1 is 1.18 bits per heavy atom. The van der Waals surface area contributed by atoms with Gasteiger partial charge in [0.15, 0.2) is 17.3 Å². The van der Waals surface area contributed by atoms with Gasteiger partial charge in [0.1, 0.15) is 5.69 Å². The summed E-state index contributed by atoms with van der Waals surface area (Å²) in [5, 5.41) is 15.9. The van der Waals surface area contributed by atoms with E-state index in [1.165, 1.54) is 0 Å². The molecule has 0 unspecified atom stereocenters. The van der Waals surface area contributed by atoms with Gasteiger partial charge in [-0.15, -0.1) is 0 Å². The normalized spacial score (nSPS) is 11.1. The number of hydrogen-bond donors (Lipinski definition) is 3. The number of halogens is 1. The van der Waals surface area contributed by atoms with Crippen molar-refractivity contribution in [1.82, 2.24) is 29.9 Å². The van der Waals surface area contributed by atoms with Gasteiger partial charge in [-0.25, -0.2) is 14.6 Å². The number of hydrogen-bond acceptors (Lipinski definition) is 6. The Morgan fingerprint density at radius 2 is 2.00 bits per heavy atom. The SMILES string of the molecule is Cc1ccn(-c2nc(NCc3ccccc3)c(C(N)=O)nc2-c2cc(Cl)c3[nH]ncc3c2)n1. The molecule has 164 valence electrons. The monoisotopic (exact) mass is 458 g/mol. The third kappa shape index (κ3) is 4.01. The van der Waals surface area contributed by atoms with E-state index in [2.05, 4.69) is 25.6 Å². The Bertz CT molecular complexity index is 1470. The van der Waals surface area contributed by atoms with Crippen molar-refractivity contribution in [3.8, 4) is 17.1 Å². The average molecular weight is 459 g/mol. The first-order chi connectivity index (χ1) is 16.0. The van der Waals surface area contributed by atoms with E-state index < -0.39 is 5.91 Å². The molecular weight excluding hydrogens is 440 g/mol. The molecule has 33 heavy (non-hydrogen) atoms. The number of anilines is 1. The van der Waals surface area contributed by atoms with Gasteiger partial charge < -0.3 is 11.1 Å². The zero-order chi connectivity index (χ0) is 22.9. The van der Waals surface area contributed by atoms with E-state index in [1.54, 1.807) is 23.1 Å². The van der Waals surface area contributed by atoms with E-state index in [0.29, 0.717) is 34.2 Å². The second kappa shape index (κ2) is 8.36. The third-order valence-electron chi connectivity index (χ3n) is 5.13. The number of amides is 1. The average Bonchev–Trinajstić information content (AvgIpc) is 3.47. The summed E-state index contributed by atoms with van der Waals surface area (Å²) in [6.45, 7) is 2.32. The summed E-state index contributed by atoms with van der Waals surface area (Å²) in [7, 11) is 0. The minimum absolute atomic E-state index is 0.0250. The second-order valence-electron chi connectivity index (χ2n) is 7.49. The van der Waals surface area contributed by atoms with Crippen LogP contribution in [-0.2, 0) is 6.54 Å². The summed E-state index contributed by atoms with van der Waals surface area (Å²) in [6, 6.07) is 15.2. The number of aryl methyl sites for hydroxylation is 1. The van der Waals surface area contributed by atoms with Gasteiger partial charge in [0.2, 0.25) is 0 Å². The summed E-state index contributed by atoms with van der Waals surface area (Å²) in [5.41, 5.74) is 9.32. The molecule has 0 radical (unpaired) electrons. The van der Waals surface area contributed by atoms with Crippen LogP contribution in [0.3, 0.4) is 0 Å². The number of fused-ring (bicyclic) bond motifs is 1. The number of aromatic amines is 1. The fourth-order valence-corrected chi connectivity index (χ4v) is 3.81. The van der Waals surface area contributed by atoms with Gasteiger partial charge in [0.25, 0.3) is 5.91 Å². The predicted molar refractivity (Wildman–Crippen MR) is 126 cm³/mol. The second-order valence-corrected chi connectivity index (χ2v) is 7.90. The lowest BCUT2D eigenvalue weighted by Crippen LogP contribution is -2.20. The number of nitrogens with one attached hydrogen (secondary N) is 2. The van der Waals surface area contributed by atoms with Crippen LogP contribution >= 0.6 is 11.6 Å². The van der Waals surface area contributed by atoms with Crippen molar-refractivity contribution in [3.05, 3.63) is 82.9 Å². The Hall–Kier alpha value is -4.24. The van der Waals surface area contributed by atoms with Gasteiger partial charge in [-0.2, -0.15) is 10.2 Å². The van der Waals surface area contributed by atoms with E-state index in [9.17, 15) is 4.79 Å². The highest BCUT2D eigenvalue weighted by atomic mass is 35.5. The van der Waals surface area contributed by atoms with Gasteiger partial charge in [-0.1, -0.05) is 41.9 Å². The lowest BCUT2D eigenvalue weighted by Gasteiger charge is -2.15. The molecule has 0 saturated heterocycles. The van der Waals surface area contributed by atoms with Gasteiger partial charge >= 0.3 is 0 Å². The summed E-state index contributed by atoms with van der Waals surface area (Å²) >= 11 is 6.46. The smallest absolute Gasteiger partial charge is 0.271 e. The molecule has 3 aromatic heterocycles. The Balaban J connectivity index is 1.68. The van der Waals surface area contributed by atoms with Crippen LogP contribution in [0.4, 0.5) is 5.82 Å². The zero-order valence-electron chi connectivity index (χ0n) is 17.6.